The molecule has 2 aliphatic heterocycles. The summed E-state index contributed by atoms with van der Waals surface area (Å²) < 4.78 is 0. The zero-order valence-corrected chi connectivity index (χ0v) is 21.9. The number of nitro benzene ring substituents is 1. The fourth-order valence-corrected chi connectivity index (χ4v) is 5.13. The minimum absolute atomic E-state index is 0.0669. The van der Waals surface area contributed by atoms with Crippen LogP contribution < -0.4 is 20.0 Å². The van der Waals surface area contributed by atoms with Crippen LogP contribution >= 0.6 is 0 Å². The highest BCUT2D eigenvalue weighted by molar-refractivity contribution is 6.02. The van der Waals surface area contributed by atoms with E-state index in [1.807, 2.05) is 40.9 Å². The Morgan fingerprint density at radius 1 is 1.05 bits per heavy atom. The highest BCUT2D eigenvalue weighted by Crippen LogP contribution is 2.36. The molecule has 0 atom stereocenters. The Morgan fingerprint density at radius 2 is 1.73 bits per heavy atom. The number of aryl methyl sites for hydroxylation is 1. The van der Waals surface area contributed by atoms with Crippen LogP contribution in [0.5, 0.6) is 0 Å². The first-order valence-corrected chi connectivity index (χ1v) is 12.9. The van der Waals surface area contributed by atoms with Crippen molar-refractivity contribution in [2.45, 2.75) is 26.2 Å². The number of likely N-dealkylation sites (tertiary alicyclic amines) is 1. The van der Waals surface area contributed by atoms with Crippen LogP contribution in [-0.2, 0) is 4.79 Å². The lowest BCUT2D eigenvalue weighted by Crippen LogP contribution is -2.47. The molecule has 0 aliphatic carbocycles. The molecule has 0 saturated carbocycles. The van der Waals surface area contributed by atoms with E-state index in [1.165, 1.54) is 17.3 Å². The predicted octanol–water partition coefficient (Wildman–Crippen LogP) is 3.04. The van der Waals surface area contributed by atoms with E-state index in [4.69, 9.17) is 0 Å². The van der Waals surface area contributed by atoms with Crippen molar-refractivity contribution < 1.29 is 14.5 Å². The van der Waals surface area contributed by atoms with Gasteiger partial charge >= 0.3 is 0 Å². The van der Waals surface area contributed by atoms with Crippen LogP contribution in [0.1, 0.15) is 35.2 Å². The van der Waals surface area contributed by atoms with Gasteiger partial charge in [-0.15, -0.1) is 0 Å². The van der Waals surface area contributed by atoms with Crippen molar-refractivity contribution >= 4 is 34.6 Å². The summed E-state index contributed by atoms with van der Waals surface area (Å²) in [5, 5.41) is 15.0. The number of carbonyl (C=O) groups is 2. The molecule has 0 spiro atoms. The molecule has 1 N–H and O–H groups in total. The van der Waals surface area contributed by atoms with Crippen molar-refractivity contribution in [3.63, 3.8) is 0 Å². The van der Waals surface area contributed by atoms with E-state index in [2.05, 4.69) is 29.3 Å². The van der Waals surface area contributed by atoms with Crippen molar-refractivity contribution in [3.8, 4) is 0 Å². The summed E-state index contributed by atoms with van der Waals surface area (Å²) in [6, 6.07) is 11.4. The summed E-state index contributed by atoms with van der Waals surface area (Å²) >= 11 is 0. The lowest BCUT2D eigenvalue weighted by Gasteiger charge is -2.38. The maximum atomic E-state index is 13.1. The Balaban J connectivity index is 1.48. The van der Waals surface area contributed by atoms with Gasteiger partial charge in [-0.3, -0.25) is 19.7 Å². The minimum Gasteiger partial charge on any atom is -0.377 e. The molecule has 0 radical (unpaired) electrons. The summed E-state index contributed by atoms with van der Waals surface area (Å²) in [7, 11) is 3.66. The molecule has 37 heavy (non-hydrogen) atoms. The van der Waals surface area contributed by atoms with Gasteiger partial charge in [0, 0.05) is 78.1 Å². The van der Waals surface area contributed by atoms with Gasteiger partial charge in [0.05, 0.1) is 16.2 Å². The molecule has 10 nitrogen and oxygen atoms in total. The number of nitro groups is 1. The number of rotatable bonds is 9. The van der Waals surface area contributed by atoms with Crippen molar-refractivity contribution in [2.24, 2.45) is 0 Å². The number of hydrogen-bond donors (Lipinski definition) is 1. The second-order valence-electron chi connectivity index (χ2n) is 9.86. The van der Waals surface area contributed by atoms with Crippen molar-refractivity contribution in [1.29, 1.82) is 0 Å². The molecule has 2 aliphatic rings. The summed E-state index contributed by atoms with van der Waals surface area (Å²) in [5.74, 6) is -0.192. The van der Waals surface area contributed by atoms with Crippen LogP contribution in [0.2, 0.25) is 0 Å². The predicted molar refractivity (Wildman–Crippen MR) is 146 cm³/mol. The second-order valence-corrected chi connectivity index (χ2v) is 9.86. The smallest absolute Gasteiger partial charge is 0.293 e. The van der Waals surface area contributed by atoms with Crippen LogP contribution in [0, 0.1) is 17.0 Å². The number of anilines is 3. The molecular weight excluding hydrogens is 472 g/mol. The lowest BCUT2D eigenvalue weighted by molar-refractivity contribution is -0.384. The molecule has 2 aromatic carbocycles. The molecule has 198 valence electrons. The van der Waals surface area contributed by atoms with Gasteiger partial charge in [0.15, 0.2) is 0 Å². The molecule has 4 rings (SSSR count). The number of hydrogen-bond acceptors (Lipinski definition) is 7. The number of para-hydroxylation sites is 1. The second kappa shape index (κ2) is 11.5. The number of benzene rings is 2. The van der Waals surface area contributed by atoms with E-state index in [0.717, 1.165) is 26.1 Å². The third-order valence-corrected chi connectivity index (χ3v) is 7.15. The number of nitrogens with one attached hydrogen (secondary N) is 1. The summed E-state index contributed by atoms with van der Waals surface area (Å²) in [6.45, 7) is 6.64. The maximum Gasteiger partial charge on any atom is 0.293 e. The van der Waals surface area contributed by atoms with E-state index in [9.17, 15) is 19.7 Å². The highest BCUT2D eigenvalue weighted by atomic mass is 16.6. The summed E-state index contributed by atoms with van der Waals surface area (Å²) in [5.41, 5.74) is 3.77. The molecule has 2 fully saturated rings. The molecular formula is C27H36N6O4. The van der Waals surface area contributed by atoms with Crippen molar-refractivity contribution in [1.82, 2.24) is 10.2 Å². The SMILES string of the molecule is Cc1ccccc1N1CCN(c2cc(N(C)C)c(C(=O)NCCCN3CCCC3=O)cc2[N+](=O)[O-])CC1. The summed E-state index contributed by atoms with van der Waals surface area (Å²) in [4.78, 5) is 44.5. The molecule has 2 heterocycles. The largest absolute Gasteiger partial charge is 0.377 e. The number of piperazine rings is 1. The van der Waals surface area contributed by atoms with E-state index in [-0.39, 0.29) is 23.1 Å². The lowest BCUT2D eigenvalue weighted by atomic mass is 10.1. The molecule has 0 unspecified atom stereocenters. The minimum atomic E-state index is -0.405. The van der Waals surface area contributed by atoms with Gasteiger partial charge in [-0.05, 0) is 37.5 Å². The zero-order valence-electron chi connectivity index (χ0n) is 21.9. The fraction of sp³-hybridized carbons (Fsp3) is 0.481. The number of carbonyl (C=O) groups excluding carboxylic acids is 2. The van der Waals surface area contributed by atoms with E-state index in [0.29, 0.717) is 50.4 Å². The van der Waals surface area contributed by atoms with Crippen molar-refractivity contribution in [3.05, 3.63) is 57.6 Å². The highest BCUT2D eigenvalue weighted by Gasteiger charge is 2.28. The normalized spacial score (nSPS) is 15.8. The topological polar surface area (TPSA) is 102 Å². The zero-order chi connectivity index (χ0) is 26.5. The number of amides is 2. The molecule has 2 amide bonds. The first-order valence-electron chi connectivity index (χ1n) is 12.9. The Kier molecular flexibility index (Phi) is 8.15. The van der Waals surface area contributed by atoms with Gasteiger partial charge < -0.3 is 24.9 Å². The van der Waals surface area contributed by atoms with Gasteiger partial charge in [0.2, 0.25) is 5.91 Å². The molecule has 10 heteroatoms. The van der Waals surface area contributed by atoms with Crippen molar-refractivity contribution in [2.75, 3.05) is 74.6 Å². The molecule has 0 bridgehead atoms. The van der Waals surface area contributed by atoms with E-state index in [1.54, 1.807) is 6.07 Å². The van der Waals surface area contributed by atoms with E-state index < -0.39 is 4.92 Å². The molecule has 2 saturated heterocycles. The quantitative estimate of drug-likeness (QED) is 0.316. The third kappa shape index (κ3) is 5.95. The standard InChI is InChI=1S/C27H36N6O4/c1-20-8-4-5-9-22(20)30-14-16-31(17-15-30)24-19-23(29(2)3)21(18-25(24)33(36)37)27(35)28-11-7-13-32-12-6-10-26(32)34/h4-5,8-9,18-19H,6-7,10-17H2,1-3H3,(H,28,35). The van der Waals surface area contributed by atoms with Gasteiger partial charge in [-0.2, -0.15) is 0 Å². The molecule has 0 aromatic heterocycles. The first-order chi connectivity index (χ1) is 17.8. The van der Waals surface area contributed by atoms with Crippen LogP contribution in [0.3, 0.4) is 0 Å². The van der Waals surface area contributed by atoms with Gasteiger partial charge in [-0.25, -0.2) is 0 Å². The Morgan fingerprint density at radius 3 is 2.32 bits per heavy atom. The Bertz CT molecular complexity index is 1160. The van der Waals surface area contributed by atoms with Gasteiger partial charge in [0.1, 0.15) is 5.69 Å². The van der Waals surface area contributed by atoms with Gasteiger partial charge in [0.25, 0.3) is 11.6 Å². The van der Waals surface area contributed by atoms with E-state index >= 15 is 0 Å². The Hall–Kier alpha value is -3.82. The van der Waals surface area contributed by atoms with Crippen LogP contribution in [0.4, 0.5) is 22.7 Å². The maximum absolute atomic E-state index is 13.1. The van der Waals surface area contributed by atoms with Crippen LogP contribution in [0.25, 0.3) is 0 Å². The average Bonchev–Trinajstić information content (AvgIpc) is 3.30. The summed E-state index contributed by atoms with van der Waals surface area (Å²) in [6.07, 6.45) is 2.12. The Labute approximate surface area is 218 Å². The third-order valence-electron chi connectivity index (χ3n) is 7.15. The average molecular weight is 509 g/mol. The fourth-order valence-electron chi connectivity index (χ4n) is 5.13. The van der Waals surface area contributed by atoms with Crippen LogP contribution in [0.15, 0.2) is 36.4 Å². The monoisotopic (exact) mass is 508 g/mol. The van der Waals surface area contributed by atoms with Crippen LogP contribution in [-0.4, -0.2) is 81.5 Å². The first kappa shape index (κ1) is 26.2. The number of nitrogens with zero attached hydrogens (tertiary/aromatic N) is 5. The van der Waals surface area contributed by atoms with Gasteiger partial charge in [-0.1, -0.05) is 18.2 Å². The molecule has 2 aromatic rings.